The maximum Gasteiger partial charge on any atom is 0.282 e. The summed E-state index contributed by atoms with van der Waals surface area (Å²) in [5, 5.41) is 15.1. The summed E-state index contributed by atoms with van der Waals surface area (Å²) in [6, 6.07) is 0. The highest BCUT2D eigenvalue weighted by Gasteiger charge is 2.17. The van der Waals surface area contributed by atoms with Crippen LogP contribution in [0.5, 0.6) is 0 Å². The van der Waals surface area contributed by atoms with E-state index in [1.54, 1.807) is 7.05 Å². The zero-order chi connectivity index (χ0) is 12.1. The van der Waals surface area contributed by atoms with Gasteiger partial charge in [0.15, 0.2) is 0 Å². The Labute approximate surface area is 109 Å². The first-order chi connectivity index (χ1) is 8.29. The van der Waals surface area contributed by atoms with E-state index in [0.717, 1.165) is 6.54 Å². The lowest BCUT2D eigenvalue weighted by Gasteiger charge is -2.20. The lowest BCUT2D eigenvalue weighted by Crippen LogP contribution is -2.31. The normalized spacial score (nSPS) is 19.9. The SMILES string of the molecule is CNc1nnc(C(=O)NCC2CCCCS2)s1. The van der Waals surface area contributed by atoms with Crippen molar-refractivity contribution in [2.24, 2.45) is 0 Å². The van der Waals surface area contributed by atoms with Crippen LogP contribution in [0.2, 0.25) is 0 Å². The number of carbonyl (C=O) groups excluding carboxylic acids is 1. The van der Waals surface area contributed by atoms with Crippen LogP contribution in [0.4, 0.5) is 5.13 Å². The minimum atomic E-state index is -0.116. The van der Waals surface area contributed by atoms with E-state index in [-0.39, 0.29) is 5.91 Å². The molecule has 1 atom stereocenters. The van der Waals surface area contributed by atoms with Gasteiger partial charge >= 0.3 is 0 Å². The summed E-state index contributed by atoms with van der Waals surface area (Å²) in [6.07, 6.45) is 3.77. The number of rotatable bonds is 4. The first-order valence-corrected chi connectivity index (χ1v) is 7.57. The molecule has 0 aromatic carbocycles. The quantitative estimate of drug-likeness (QED) is 0.871. The fraction of sp³-hybridized carbons (Fsp3) is 0.700. The Kier molecular flexibility index (Phi) is 4.61. The molecular formula is C10H16N4OS2. The van der Waals surface area contributed by atoms with Crippen LogP contribution in [0.15, 0.2) is 0 Å². The Morgan fingerprint density at radius 1 is 1.47 bits per heavy atom. The zero-order valence-corrected chi connectivity index (χ0v) is 11.4. The summed E-state index contributed by atoms with van der Waals surface area (Å²) in [6.45, 7) is 0.734. The Balaban J connectivity index is 1.80. The lowest BCUT2D eigenvalue weighted by atomic mass is 10.2. The molecule has 5 nitrogen and oxygen atoms in total. The largest absolute Gasteiger partial charge is 0.363 e. The van der Waals surface area contributed by atoms with Crippen LogP contribution in [0.3, 0.4) is 0 Å². The Bertz CT molecular complexity index is 376. The summed E-state index contributed by atoms with van der Waals surface area (Å²) in [5.41, 5.74) is 0. The highest BCUT2D eigenvalue weighted by molar-refractivity contribution is 7.99. The van der Waals surface area contributed by atoms with Crippen LogP contribution in [0, 0.1) is 0 Å². The minimum absolute atomic E-state index is 0.116. The molecular weight excluding hydrogens is 256 g/mol. The highest BCUT2D eigenvalue weighted by Crippen LogP contribution is 2.24. The van der Waals surface area contributed by atoms with Crippen molar-refractivity contribution in [2.75, 3.05) is 24.7 Å². The molecule has 7 heteroatoms. The molecule has 1 aliphatic heterocycles. The molecule has 1 unspecified atom stereocenters. The van der Waals surface area contributed by atoms with Crippen LogP contribution in [-0.2, 0) is 0 Å². The van der Waals surface area contributed by atoms with Crippen molar-refractivity contribution in [3.8, 4) is 0 Å². The summed E-state index contributed by atoms with van der Waals surface area (Å²) >= 11 is 3.23. The van der Waals surface area contributed by atoms with E-state index in [1.807, 2.05) is 11.8 Å². The van der Waals surface area contributed by atoms with E-state index < -0.39 is 0 Å². The fourth-order valence-electron chi connectivity index (χ4n) is 1.67. The maximum absolute atomic E-state index is 11.8. The van der Waals surface area contributed by atoms with E-state index >= 15 is 0 Å². The van der Waals surface area contributed by atoms with Gasteiger partial charge in [-0.15, -0.1) is 10.2 Å². The molecule has 0 saturated carbocycles. The van der Waals surface area contributed by atoms with Gasteiger partial charge in [0.1, 0.15) is 0 Å². The second-order valence-corrected chi connectivity index (χ2v) is 6.25. The molecule has 0 spiro atoms. The molecule has 17 heavy (non-hydrogen) atoms. The smallest absolute Gasteiger partial charge is 0.282 e. The van der Waals surface area contributed by atoms with Gasteiger partial charge in [-0.25, -0.2) is 0 Å². The standard InChI is InChI=1S/C10H16N4OS2/c1-11-10-14-13-9(17-10)8(15)12-6-7-4-2-3-5-16-7/h7H,2-6H2,1H3,(H,11,14)(H,12,15). The Hall–Kier alpha value is -0.820. The number of nitrogens with zero attached hydrogens (tertiary/aromatic N) is 2. The van der Waals surface area contributed by atoms with Gasteiger partial charge < -0.3 is 10.6 Å². The van der Waals surface area contributed by atoms with Gasteiger partial charge in [0.2, 0.25) is 10.1 Å². The van der Waals surface area contributed by atoms with Gasteiger partial charge in [-0.05, 0) is 18.6 Å². The van der Waals surface area contributed by atoms with Gasteiger partial charge in [-0.1, -0.05) is 17.8 Å². The second-order valence-electron chi connectivity index (χ2n) is 3.86. The second kappa shape index (κ2) is 6.20. The van der Waals surface area contributed by atoms with Crippen LogP contribution in [0.25, 0.3) is 0 Å². The van der Waals surface area contributed by atoms with Gasteiger partial charge in [-0.2, -0.15) is 11.8 Å². The third-order valence-electron chi connectivity index (χ3n) is 2.60. The van der Waals surface area contributed by atoms with Crippen molar-refractivity contribution in [2.45, 2.75) is 24.5 Å². The van der Waals surface area contributed by atoms with Gasteiger partial charge in [-0.3, -0.25) is 4.79 Å². The Morgan fingerprint density at radius 2 is 2.35 bits per heavy atom. The monoisotopic (exact) mass is 272 g/mol. The van der Waals surface area contributed by atoms with Crippen LogP contribution >= 0.6 is 23.1 Å². The average molecular weight is 272 g/mol. The first kappa shape index (κ1) is 12.6. The van der Waals surface area contributed by atoms with Crippen molar-refractivity contribution in [3.63, 3.8) is 0 Å². The first-order valence-electron chi connectivity index (χ1n) is 5.70. The molecule has 1 saturated heterocycles. The highest BCUT2D eigenvalue weighted by atomic mass is 32.2. The third-order valence-corrected chi connectivity index (χ3v) is 4.94. The molecule has 2 heterocycles. The number of thioether (sulfide) groups is 1. The number of hydrogen-bond donors (Lipinski definition) is 2. The van der Waals surface area contributed by atoms with E-state index in [1.165, 1.54) is 36.4 Å². The molecule has 1 amide bonds. The molecule has 2 rings (SSSR count). The molecule has 2 N–H and O–H groups in total. The topological polar surface area (TPSA) is 66.9 Å². The maximum atomic E-state index is 11.8. The third kappa shape index (κ3) is 3.57. The van der Waals surface area contributed by atoms with E-state index in [9.17, 15) is 4.79 Å². The predicted octanol–water partition coefficient (Wildman–Crippen LogP) is 1.60. The number of aromatic nitrogens is 2. The summed E-state index contributed by atoms with van der Waals surface area (Å²) in [5.74, 6) is 1.10. The van der Waals surface area contributed by atoms with E-state index in [4.69, 9.17) is 0 Å². The van der Waals surface area contributed by atoms with Crippen molar-refractivity contribution in [3.05, 3.63) is 5.01 Å². The van der Waals surface area contributed by atoms with Crippen LogP contribution < -0.4 is 10.6 Å². The summed E-state index contributed by atoms with van der Waals surface area (Å²) in [4.78, 5) is 11.8. The molecule has 0 bridgehead atoms. The molecule has 1 fully saturated rings. The lowest BCUT2D eigenvalue weighted by molar-refractivity contribution is 0.0952. The number of carbonyl (C=O) groups is 1. The molecule has 1 aliphatic rings. The van der Waals surface area contributed by atoms with Gasteiger partial charge in [0.05, 0.1) is 0 Å². The molecule has 1 aromatic heterocycles. The van der Waals surface area contributed by atoms with Crippen LogP contribution in [0.1, 0.15) is 29.1 Å². The molecule has 1 aromatic rings. The zero-order valence-electron chi connectivity index (χ0n) is 9.73. The van der Waals surface area contributed by atoms with Gasteiger partial charge in [0.25, 0.3) is 5.91 Å². The number of nitrogens with one attached hydrogen (secondary N) is 2. The Morgan fingerprint density at radius 3 is 3.00 bits per heavy atom. The summed E-state index contributed by atoms with van der Waals surface area (Å²) in [7, 11) is 1.76. The number of hydrogen-bond acceptors (Lipinski definition) is 6. The van der Waals surface area contributed by atoms with E-state index in [2.05, 4.69) is 20.8 Å². The van der Waals surface area contributed by atoms with Gasteiger partial charge in [0, 0.05) is 18.8 Å². The number of amides is 1. The fourth-order valence-corrected chi connectivity index (χ4v) is 3.52. The van der Waals surface area contributed by atoms with Crippen molar-refractivity contribution >= 4 is 34.1 Å². The van der Waals surface area contributed by atoms with E-state index in [0.29, 0.717) is 15.4 Å². The predicted molar refractivity (Wildman–Crippen MR) is 71.9 cm³/mol. The number of anilines is 1. The summed E-state index contributed by atoms with van der Waals surface area (Å²) < 4.78 is 0. The molecule has 0 aliphatic carbocycles. The van der Waals surface area contributed by atoms with Crippen molar-refractivity contribution in [1.82, 2.24) is 15.5 Å². The molecule has 94 valence electrons. The molecule has 0 radical (unpaired) electrons. The average Bonchev–Trinajstić information content (AvgIpc) is 2.86. The minimum Gasteiger partial charge on any atom is -0.363 e. The van der Waals surface area contributed by atoms with Crippen LogP contribution in [-0.4, -0.2) is 40.7 Å². The van der Waals surface area contributed by atoms with Crippen molar-refractivity contribution in [1.29, 1.82) is 0 Å². The van der Waals surface area contributed by atoms with Crippen molar-refractivity contribution < 1.29 is 4.79 Å².